The maximum Gasteiger partial charge on any atom is 0.0730 e. The molecule has 0 radical (unpaired) electrons. The van der Waals surface area contributed by atoms with Crippen LogP contribution in [-0.4, -0.2) is 60.8 Å². The summed E-state index contributed by atoms with van der Waals surface area (Å²) in [6, 6.07) is 1.47. The van der Waals surface area contributed by atoms with E-state index in [4.69, 9.17) is 4.74 Å². The molecule has 4 heteroatoms. The summed E-state index contributed by atoms with van der Waals surface area (Å²) in [7, 11) is 0. The van der Waals surface area contributed by atoms with Crippen LogP contribution >= 0.6 is 11.8 Å². The molecule has 0 amide bonds. The Morgan fingerprint density at radius 2 is 2.22 bits per heavy atom. The summed E-state index contributed by atoms with van der Waals surface area (Å²) in [5, 5.41) is 3.65. The maximum absolute atomic E-state index is 5.94. The number of hydrogen-bond acceptors (Lipinski definition) is 4. The molecule has 0 spiro atoms. The molecule has 3 nitrogen and oxygen atoms in total. The Balaban J connectivity index is 1.48. The lowest BCUT2D eigenvalue weighted by atomic mass is 9.90. The first-order valence-electron chi connectivity index (χ1n) is 7.60. The van der Waals surface area contributed by atoms with Crippen LogP contribution < -0.4 is 5.32 Å². The molecule has 3 rings (SSSR count). The van der Waals surface area contributed by atoms with Crippen molar-refractivity contribution in [1.82, 2.24) is 10.2 Å². The van der Waals surface area contributed by atoms with Crippen molar-refractivity contribution in [3.8, 4) is 0 Å². The van der Waals surface area contributed by atoms with Crippen LogP contribution in [0.1, 0.15) is 32.1 Å². The zero-order chi connectivity index (χ0) is 12.2. The van der Waals surface area contributed by atoms with Crippen molar-refractivity contribution < 1.29 is 4.74 Å². The Kier molecular flexibility index (Phi) is 4.85. The minimum atomic E-state index is 0.543. The lowest BCUT2D eigenvalue weighted by Crippen LogP contribution is -2.53. The third kappa shape index (κ3) is 3.21. The normalized spacial score (nSPS) is 38.3. The molecular weight excluding hydrogens is 244 g/mol. The quantitative estimate of drug-likeness (QED) is 0.844. The number of nitrogens with zero attached hydrogens (tertiary/aromatic N) is 1. The Labute approximate surface area is 115 Å². The molecule has 3 atom stereocenters. The van der Waals surface area contributed by atoms with E-state index in [0.29, 0.717) is 6.10 Å². The maximum atomic E-state index is 5.94. The molecule has 2 heterocycles. The van der Waals surface area contributed by atoms with Crippen molar-refractivity contribution >= 4 is 11.8 Å². The Hall–Kier alpha value is 0.230. The second-order valence-electron chi connectivity index (χ2n) is 5.81. The van der Waals surface area contributed by atoms with Crippen LogP contribution in [0, 0.1) is 0 Å². The fourth-order valence-electron chi connectivity index (χ4n) is 3.58. The van der Waals surface area contributed by atoms with Gasteiger partial charge in [0.2, 0.25) is 0 Å². The van der Waals surface area contributed by atoms with Crippen molar-refractivity contribution in [2.75, 3.05) is 37.7 Å². The van der Waals surface area contributed by atoms with E-state index in [1.165, 1.54) is 56.7 Å². The van der Waals surface area contributed by atoms with E-state index in [-0.39, 0.29) is 0 Å². The van der Waals surface area contributed by atoms with Gasteiger partial charge in [0.05, 0.1) is 12.7 Å². The number of nitrogens with one attached hydrogen (secondary N) is 1. The van der Waals surface area contributed by atoms with Gasteiger partial charge in [0.15, 0.2) is 0 Å². The number of ether oxygens (including phenoxy) is 1. The van der Waals surface area contributed by atoms with Gasteiger partial charge in [-0.3, -0.25) is 4.90 Å². The Morgan fingerprint density at radius 1 is 1.28 bits per heavy atom. The van der Waals surface area contributed by atoms with Crippen LogP contribution in [-0.2, 0) is 4.74 Å². The predicted octanol–water partition coefficient (Wildman–Crippen LogP) is 1.72. The van der Waals surface area contributed by atoms with Crippen LogP contribution in [0.15, 0.2) is 0 Å². The highest BCUT2D eigenvalue weighted by atomic mass is 32.2. The lowest BCUT2D eigenvalue weighted by Gasteiger charge is -2.44. The fourth-order valence-corrected chi connectivity index (χ4v) is 4.58. The predicted molar refractivity (Wildman–Crippen MR) is 77.3 cm³/mol. The standard InChI is InChI=1S/C14H26N2OS/c1-2-4-14-13(3-1)16(8-9-17-14)7-5-12-11-18-10-6-15-12/h12-15H,1-11H2. The summed E-state index contributed by atoms with van der Waals surface area (Å²) < 4.78 is 5.94. The van der Waals surface area contributed by atoms with Gasteiger partial charge in [0.25, 0.3) is 0 Å². The monoisotopic (exact) mass is 270 g/mol. The summed E-state index contributed by atoms with van der Waals surface area (Å²) in [5.41, 5.74) is 0. The van der Waals surface area contributed by atoms with Gasteiger partial charge < -0.3 is 10.1 Å². The lowest BCUT2D eigenvalue weighted by molar-refractivity contribution is -0.0885. The number of thioether (sulfide) groups is 1. The molecular formula is C14H26N2OS. The van der Waals surface area contributed by atoms with Crippen LogP contribution in [0.4, 0.5) is 0 Å². The summed E-state index contributed by atoms with van der Waals surface area (Å²) in [4.78, 5) is 2.72. The summed E-state index contributed by atoms with van der Waals surface area (Å²) in [5.74, 6) is 2.59. The zero-order valence-corrected chi connectivity index (χ0v) is 12.1. The number of morpholine rings is 1. The third-order valence-electron chi connectivity index (χ3n) is 4.61. The highest BCUT2D eigenvalue weighted by molar-refractivity contribution is 7.99. The number of rotatable bonds is 3. The highest BCUT2D eigenvalue weighted by Crippen LogP contribution is 2.28. The minimum absolute atomic E-state index is 0.543. The average molecular weight is 270 g/mol. The molecule has 2 saturated heterocycles. The van der Waals surface area contributed by atoms with Crippen molar-refractivity contribution in [1.29, 1.82) is 0 Å². The number of fused-ring (bicyclic) bond motifs is 1. The molecule has 18 heavy (non-hydrogen) atoms. The third-order valence-corrected chi connectivity index (χ3v) is 5.74. The van der Waals surface area contributed by atoms with Crippen LogP contribution in [0.3, 0.4) is 0 Å². The molecule has 0 aromatic rings. The molecule has 1 saturated carbocycles. The minimum Gasteiger partial charge on any atom is -0.375 e. The summed E-state index contributed by atoms with van der Waals surface area (Å²) in [6.07, 6.45) is 7.28. The van der Waals surface area contributed by atoms with Gasteiger partial charge in [0.1, 0.15) is 0 Å². The van der Waals surface area contributed by atoms with E-state index < -0.39 is 0 Å². The summed E-state index contributed by atoms with van der Waals surface area (Å²) in [6.45, 7) is 4.57. The van der Waals surface area contributed by atoms with Crippen molar-refractivity contribution in [2.45, 2.75) is 50.3 Å². The smallest absolute Gasteiger partial charge is 0.0730 e. The highest BCUT2D eigenvalue weighted by Gasteiger charge is 2.34. The summed E-state index contributed by atoms with van der Waals surface area (Å²) >= 11 is 2.11. The van der Waals surface area contributed by atoms with Crippen molar-refractivity contribution in [3.05, 3.63) is 0 Å². The van der Waals surface area contributed by atoms with Crippen LogP contribution in [0.25, 0.3) is 0 Å². The average Bonchev–Trinajstić information content (AvgIpc) is 2.46. The van der Waals surface area contributed by atoms with E-state index in [0.717, 1.165) is 25.2 Å². The second kappa shape index (κ2) is 6.60. The van der Waals surface area contributed by atoms with Gasteiger partial charge in [0, 0.05) is 43.2 Å². The molecule has 0 bridgehead atoms. The van der Waals surface area contributed by atoms with Gasteiger partial charge in [-0.1, -0.05) is 12.8 Å². The second-order valence-corrected chi connectivity index (χ2v) is 6.96. The SMILES string of the molecule is C1CCC2C(C1)OCCN2CCC1CSCCN1. The van der Waals surface area contributed by atoms with E-state index in [1.54, 1.807) is 0 Å². The molecule has 0 aromatic carbocycles. The molecule has 2 aliphatic heterocycles. The van der Waals surface area contributed by atoms with Crippen LogP contribution in [0.2, 0.25) is 0 Å². The van der Waals surface area contributed by atoms with E-state index in [9.17, 15) is 0 Å². The topological polar surface area (TPSA) is 24.5 Å². The first-order chi connectivity index (χ1) is 8.93. The van der Waals surface area contributed by atoms with Crippen molar-refractivity contribution in [3.63, 3.8) is 0 Å². The molecule has 3 aliphatic rings. The van der Waals surface area contributed by atoms with Crippen LogP contribution in [0.5, 0.6) is 0 Å². The first-order valence-corrected chi connectivity index (χ1v) is 8.76. The van der Waals surface area contributed by atoms with E-state index >= 15 is 0 Å². The van der Waals surface area contributed by atoms with Gasteiger partial charge in [-0.2, -0.15) is 11.8 Å². The Morgan fingerprint density at radius 3 is 3.11 bits per heavy atom. The fraction of sp³-hybridized carbons (Fsp3) is 1.00. The van der Waals surface area contributed by atoms with Gasteiger partial charge >= 0.3 is 0 Å². The molecule has 1 N–H and O–H groups in total. The van der Waals surface area contributed by atoms with Gasteiger partial charge in [-0.05, 0) is 19.3 Å². The molecule has 3 unspecified atom stereocenters. The molecule has 1 aliphatic carbocycles. The molecule has 3 fully saturated rings. The van der Waals surface area contributed by atoms with Gasteiger partial charge in [-0.15, -0.1) is 0 Å². The molecule has 104 valence electrons. The van der Waals surface area contributed by atoms with Gasteiger partial charge in [-0.25, -0.2) is 0 Å². The van der Waals surface area contributed by atoms with E-state index in [2.05, 4.69) is 22.0 Å². The molecule has 0 aromatic heterocycles. The first kappa shape index (κ1) is 13.2. The van der Waals surface area contributed by atoms with E-state index in [1.807, 2.05) is 0 Å². The van der Waals surface area contributed by atoms with Crippen molar-refractivity contribution in [2.24, 2.45) is 0 Å². The Bertz CT molecular complexity index is 256. The zero-order valence-electron chi connectivity index (χ0n) is 11.3. The number of hydrogen-bond donors (Lipinski definition) is 1. The largest absolute Gasteiger partial charge is 0.375 e.